The molecule has 0 radical (unpaired) electrons. The third kappa shape index (κ3) is 3.16. The van der Waals surface area contributed by atoms with Gasteiger partial charge in [0.05, 0.1) is 5.69 Å². The van der Waals surface area contributed by atoms with E-state index in [1.807, 2.05) is 26.0 Å². The summed E-state index contributed by atoms with van der Waals surface area (Å²) in [5.41, 5.74) is 9.38. The highest BCUT2D eigenvalue weighted by Gasteiger charge is 2.09. The molecule has 0 fully saturated rings. The summed E-state index contributed by atoms with van der Waals surface area (Å²) in [6, 6.07) is 8.66. The molecule has 5 heteroatoms. The van der Waals surface area contributed by atoms with Crippen LogP contribution < -0.4 is 11.1 Å². The van der Waals surface area contributed by atoms with Crippen molar-refractivity contribution >= 4 is 44.5 Å². The van der Waals surface area contributed by atoms with Gasteiger partial charge in [0.2, 0.25) is 0 Å². The fourth-order valence-corrected chi connectivity index (χ4v) is 2.83. The molecule has 0 saturated heterocycles. The molecule has 0 aliphatic heterocycles. The predicted octanol–water partition coefficient (Wildman–Crippen LogP) is 4.58. The Labute approximate surface area is 131 Å². The molecule has 104 valence electrons. The summed E-state index contributed by atoms with van der Waals surface area (Å²) in [7, 11) is 0. The molecular formula is C15H14BrFN2S. The standard InChI is InChI=1S/C15H14BrFN2S/c1-8-5-11(16)6-9(2)14(8)19-13-4-3-10(15(18)20)7-12(13)17/h3-7,19H,1-2H3,(H2,18,20). The molecule has 20 heavy (non-hydrogen) atoms. The highest BCUT2D eigenvalue weighted by atomic mass is 79.9. The number of nitrogens with two attached hydrogens (primary N) is 1. The van der Waals surface area contributed by atoms with Gasteiger partial charge in [-0.15, -0.1) is 0 Å². The highest BCUT2D eigenvalue weighted by Crippen LogP contribution is 2.29. The van der Waals surface area contributed by atoms with Crippen LogP contribution >= 0.6 is 28.1 Å². The van der Waals surface area contributed by atoms with Crippen LogP contribution in [0, 0.1) is 19.7 Å². The SMILES string of the molecule is Cc1cc(Br)cc(C)c1Nc1ccc(C(N)=S)cc1F. The van der Waals surface area contributed by atoms with Crippen molar-refractivity contribution < 1.29 is 4.39 Å². The third-order valence-corrected chi connectivity index (χ3v) is 3.70. The summed E-state index contributed by atoms with van der Waals surface area (Å²) in [6.45, 7) is 3.95. The van der Waals surface area contributed by atoms with Gasteiger partial charge in [-0.05, 0) is 55.3 Å². The van der Waals surface area contributed by atoms with E-state index in [1.165, 1.54) is 6.07 Å². The molecule has 0 saturated carbocycles. The average Bonchev–Trinajstić information content (AvgIpc) is 2.34. The van der Waals surface area contributed by atoms with Crippen molar-refractivity contribution in [1.29, 1.82) is 0 Å². The predicted molar refractivity (Wildman–Crippen MR) is 89.2 cm³/mol. The Balaban J connectivity index is 2.38. The minimum absolute atomic E-state index is 0.187. The van der Waals surface area contributed by atoms with E-state index < -0.39 is 0 Å². The molecular weight excluding hydrogens is 339 g/mol. The summed E-state index contributed by atoms with van der Waals surface area (Å²) in [5, 5.41) is 3.12. The lowest BCUT2D eigenvalue weighted by Gasteiger charge is -2.14. The van der Waals surface area contributed by atoms with Gasteiger partial charge in [0.25, 0.3) is 0 Å². The van der Waals surface area contributed by atoms with E-state index >= 15 is 0 Å². The quantitative estimate of drug-likeness (QED) is 0.793. The van der Waals surface area contributed by atoms with Crippen molar-refractivity contribution in [2.24, 2.45) is 5.73 Å². The van der Waals surface area contributed by atoms with E-state index in [0.29, 0.717) is 11.3 Å². The summed E-state index contributed by atoms with van der Waals surface area (Å²) in [4.78, 5) is 0.187. The molecule has 0 atom stereocenters. The van der Waals surface area contributed by atoms with Crippen LogP contribution in [-0.4, -0.2) is 4.99 Å². The van der Waals surface area contributed by atoms with Crippen molar-refractivity contribution in [3.05, 3.63) is 57.3 Å². The van der Waals surface area contributed by atoms with Crippen LogP contribution in [0.5, 0.6) is 0 Å². The van der Waals surface area contributed by atoms with Crippen LogP contribution in [0.2, 0.25) is 0 Å². The molecule has 0 aliphatic rings. The zero-order valence-electron chi connectivity index (χ0n) is 11.1. The Morgan fingerprint density at radius 2 is 1.80 bits per heavy atom. The van der Waals surface area contributed by atoms with Crippen LogP contribution in [0.4, 0.5) is 15.8 Å². The zero-order valence-corrected chi connectivity index (χ0v) is 13.5. The van der Waals surface area contributed by atoms with Crippen molar-refractivity contribution in [3.8, 4) is 0 Å². The van der Waals surface area contributed by atoms with Crippen molar-refractivity contribution in [2.75, 3.05) is 5.32 Å². The molecule has 0 amide bonds. The first kappa shape index (κ1) is 14.9. The van der Waals surface area contributed by atoms with Crippen LogP contribution in [-0.2, 0) is 0 Å². The van der Waals surface area contributed by atoms with Crippen molar-refractivity contribution in [3.63, 3.8) is 0 Å². The maximum Gasteiger partial charge on any atom is 0.147 e. The monoisotopic (exact) mass is 352 g/mol. The molecule has 0 spiro atoms. The molecule has 3 N–H and O–H groups in total. The minimum atomic E-state index is -0.378. The third-order valence-electron chi connectivity index (χ3n) is 3.01. The zero-order chi connectivity index (χ0) is 14.9. The second-order valence-electron chi connectivity index (χ2n) is 4.60. The second-order valence-corrected chi connectivity index (χ2v) is 5.95. The van der Waals surface area contributed by atoms with Crippen molar-refractivity contribution in [1.82, 2.24) is 0 Å². The van der Waals surface area contributed by atoms with E-state index in [0.717, 1.165) is 21.3 Å². The van der Waals surface area contributed by atoms with Crippen molar-refractivity contribution in [2.45, 2.75) is 13.8 Å². The number of hydrogen-bond donors (Lipinski definition) is 2. The number of thiocarbonyl (C=S) groups is 1. The van der Waals surface area contributed by atoms with Gasteiger partial charge in [0.1, 0.15) is 10.8 Å². The summed E-state index contributed by atoms with van der Waals surface area (Å²) in [5.74, 6) is -0.378. The van der Waals surface area contributed by atoms with E-state index in [9.17, 15) is 4.39 Å². The van der Waals surface area contributed by atoms with E-state index in [-0.39, 0.29) is 10.8 Å². The fraction of sp³-hybridized carbons (Fsp3) is 0.133. The number of hydrogen-bond acceptors (Lipinski definition) is 2. The van der Waals surface area contributed by atoms with Crippen LogP contribution in [0.1, 0.15) is 16.7 Å². The van der Waals surface area contributed by atoms with Gasteiger partial charge < -0.3 is 11.1 Å². The van der Waals surface area contributed by atoms with Gasteiger partial charge in [-0.25, -0.2) is 4.39 Å². The van der Waals surface area contributed by atoms with Crippen LogP contribution in [0.15, 0.2) is 34.8 Å². The Morgan fingerprint density at radius 1 is 1.20 bits per heavy atom. The summed E-state index contributed by atoms with van der Waals surface area (Å²) < 4.78 is 15.1. The van der Waals surface area contributed by atoms with E-state index in [2.05, 4.69) is 21.2 Å². The maximum absolute atomic E-state index is 14.1. The van der Waals surface area contributed by atoms with Gasteiger partial charge in [0, 0.05) is 15.7 Å². The molecule has 0 aliphatic carbocycles. The van der Waals surface area contributed by atoms with E-state index in [1.54, 1.807) is 12.1 Å². The minimum Gasteiger partial charge on any atom is -0.389 e. The largest absolute Gasteiger partial charge is 0.389 e. The number of anilines is 2. The lowest BCUT2D eigenvalue weighted by Crippen LogP contribution is -2.10. The molecule has 2 rings (SSSR count). The molecule has 0 unspecified atom stereocenters. The Kier molecular flexibility index (Phi) is 4.40. The molecule has 0 bridgehead atoms. The number of nitrogens with one attached hydrogen (secondary N) is 1. The maximum atomic E-state index is 14.1. The smallest absolute Gasteiger partial charge is 0.147 e. The Hall–Kier alpha value is -1.46. The molecule has 0 heterocycles. The fourth-order valence-electron chi connectivity index (χ4n) is 2.01. The lowest BCUT2D eigenvalue weighted by atomic mass is 10.1. The molecule has 2 aromatic rings. The number of benzene rings is 2. The number of aryl methyl sites for hydroxylation is 2. The molecule has 2 nitrogen and oxygen atoms in total. The first-order valence-corrected chi connectivity index (χ1v) is 7.21. The van der Waals surface area contributed by atoms with E-state index in [4.69, 9.17) is 18.0 Å². The number of halogens is 2. The van der Waals surface area contributed by atoms with Gasteiger partial charge >= 0.3 is 0 Å². The Morgan fingerprint density at radius 3 is 2.30 bits per heavy atom. The summed E-state index contributed by atoms with van der Waals surface area (Å²) in [6.07, 6.45) is 0. The average molecular weight is 353 g/mol. The first-order valence-electron chi connectivity index (χ1n) is 6.01. The van der Waals surface area contributed by atoms with Gasteiger partial charge in [-0.2, -0.15) is 0 Å². The molecule has 0 aromatic heterocycles. The van der Waals surface area contributed by atoms with Gasteiger partial charge in [-0.3, -0.25) is 0 Å². The van der Waals surface area contributed by atoms with Gasteiger partial charge in [-0.1, -0.05) is 28.1 Å². The first-order chi connectivity index (χ1) is 9.38. The molecule has 2 aromatic carbocycles. The lowest BCUT2D eigenvalue weighted by molar-refractivity contribution is 0.631. The second kappa shape index (κ2) is 5.89. The summed E-state index contributed by atoms with van der Waals surface area (Å²) >= 11 is 8.28. The van der Waals surface area contributed by atoms with Gasteiger partial charge in [0.15, 0.2) is 0 Å². The van der Waals surface area contributed by atoms with Crippen LogP contribution in [0.25, 0.3) is 0 Å². The number of rotatable bonds is 3. The normalized spacial score (nSPS) is 10.4. The van der Waals surface area contributed by atoms with Crippen LogP contribution in [0.3, 0.4) is 0 Å². The highest BCUT2D eigenvalue weighted by molar-refractivity contribution is 9.10. The Bertz CT molecular complexity index is 663. The topological polar surface area (TPSA) is 38.0 Å².